The summed E-state index contributed by atoms with van der Waals surface area (Å²) < 4.78 is 0. The number of nitrogens with one attached hydrogen (secondary N) is 1. The molecule has 0 atom stereocenters. The molecular weight excluding hydrogens is 220 g/mol. The average Bonchev–Trinajstić information content (AvgIpc) is 2.26. The molecule has 0 saturated carbocycles. The molecule has 102 valence electrons. The highest BCUT2D eigenvalue weighted by atomic mass is 15.1. The number of anilines is 1. The predicted molar refractivity (Wildman–Crippen MR) is 81.8 cm³/mol. The number of hydrogen-bond acceptors (Lipinski definition) is 2. The van der Waals surface area contributed by atoms with Gasteiger partial charge in [-0.3, -0.25) is 0 Å². The summed E-state index contributed by atoms with van der Waals surface area (Å²) in [4.78, 5) is 2.38. The zero-order valence-electron chi connectivity index (χ0n) is 13.2. The van der Waals surface area contributed by atoms with Crippen molar-refractivity contribution in [1.82, 2.24) is 5.32 Å². The van der Waals surface area contributed by atoms with Crippen LogP contribution in [0.3, 0.4) is 0 Å². The first-order valence-corrected chi connectivity index (χ1v) is 6.67. The smallest absolute Gasteiger partial charge is 0.0429 e. The molecule has 0 heterocycles. The third-order valence-electron chi connectivity index (χ3n) is 4.02. The number of likely N-dealkylation sites (N-methyl/N-ethyl adjacent to an activating group) is 2. The van der Waals surface area contributed by atoms with Gasteiger partial charge in [0.25, 0.3) is 0 Å². The molecule has 0 spiro atoms. The third kappa shape index (κ3) is 3.05. The lowest BCUT2D eigenvalue weighted by molar-refractivity contribution is 0.427. The Morgan fingerprint density at radius 1 is 1.06 bits per heavy atom. The normalized spacial score (nSPS) is 11.8. The van der Waals surface area contributed by atoms with E-state index < -0.39 is 0 Å². The van der Waals surface area contributed by atoms with E-state index in [1.54, 1.807) is 0 Å². The molecule has 2 nitrogen and oxygen atoms in total. The molecule has 1 aromatic rings. The van der Waals surface area contributed by atoms with Crippen molar-refractivity contribution in [3.8, 4) is 0 Å². The number of rotatable bonds is 4. The summed E-state index contributed by atoms with van der Waals surface area (Å²) >= 11 is 0. The average molecular weight is 248 g/mol. The lowest BCUT2D eigenvalue weighted by atomic mass is 9.96. The Labute approximate surface area is 112 Å². The molecule has 1 N–H and O–H groups in total. The molecule has 2 heteroatoms. The van der Waals surface area contributed by atoms with Crippen LogP contribution in [-0.4, -0.2) is 26.2 Å². The minimum absolute atomic E-state index is 0.116. The fourth-order valence-corrected chi connectivity index (χ4v) is 2.52. The fraction of sp³-hybridized carbons (Fsp3) is 0.625. The standard InChI is InChI=1S/C16H28N2/c1-11-9-12(2)14(4)15(13(11)3)18(8)10-16(5,6)17-7/h9,17H,10H2,1-8H3. The third-order valence-corrected chi connectivity index (χ3v) is 4.02. The van der Waals surface area contributed by atoms with Gasteiger partial charge in [-0.2, -0.15) is 0 Å². The largest absolute Gasteiger partial charge is 0.372 e. The van der Waals surface area contributed by atoms with Crippen LogP contribution < -0.4 is 10.2 Å². The van der Waals surface area contributed by atoms with E-state index >= 15 is 0 Å². The molecule has 0 amide bonds. The molecule has 0 saturated heterocycles. The summed E-state index contributed by atoms with van der Waals surface area (Å²) in [7, 11) is 4.21. The first-order valence-electron chi connectivity index (χ1n) is 6.67. The number of hydrogen-bond donors (Lipinski definition) is 1. The van der Waals surface area contributed by atoms with Gasteiger partial charge in [0.1, 0.15) is 0 Å². The van der Waals surface area contributed by atoms with E-state index in [1.165, 1.54) is 27.9 Å². The van der Waals surface area contributed by atoms with Crippen molar-refractivity contribution < 1.29 is 0 Å². The molecule has 0 aliphatic carbocycles. The Morgan fingerprint density at radius 3 is 1.89 bits per heavy atom. The maximum Gasteiger partial charge on any atom is 0.0429 e. The molecule has 0 aliphatic rings. The minimum Gasteiger partial charge on any atom is -0.372 e. The van der Waals surface area contributed by atoms with Crippen LogP contribution in [-0.2, 0) is 0 Å². The van der Waals surface area contributed by atoms with E-state index in [2.05, 4.69) is 64.9 Å². The second-order valence-corrected chi connectivity index (χ2v) is 6.10. The first-order chi connectivity index (χ1) is 8.19. The van der Waals surface area contributed by atoms with Crippen LogP contribution in [0.2, 0.25) is 0 Å². The fourth-order valence-electron chi connectivity index (χ4n) is 2.52. The van der Waals surface area contributed by atoms with E-state index in [-0.39, 0.29) is 5.54 Å². The Hall–Kier alpha value is -1.02. The van der Waals surface area contributed by atoms with Gasteiger partial charge in [-0.15, -0.1) is 0 Å². The van der Waals surface area contributed by atoms with Crippen molar-refractivity contribution in [1.29, 1.82) is 0 Å². The molecule has 1 aromatic carbocycles. The zero-order chi connectivity index (χ0) is 14.1. The van der Waals surface area contributed by atoms with E-state index in [9.17, 15) is 0 Å². The van der Waals surface area contributed by atoms with Crippen molar-refractivity contribution >= 4 is 5.69 Å². The SMILES string of the molecule is CNC(C)(C)CN(C)c1c(C)c(C)cc(C)c1C. The molecule has 0 bridgehead atoms. The number of nitrogens with zero attached hydrogens (tertiary/aromatic N) is 1. The first kappa shape index (κ1) is 15.0. The Kier molecular flexibility index (Phi) is 4.44. The van der Waals surface area contributed by atoms with E-state index in [0.717, 1.165) is 6.54 Å². The van der Waals surface area contributed by atoms with Crippen molar-refractivity contribution in [3.05, 3.63) is 28.3 Å². The summed E-state index contributed by atoms with van der Waals surface area (Å²) in [6.07, 6.45) is 0. The lowest BCUT2D eigenvalue weighted by Crippen LogP contribution is -2.46. The highest BCUT2D eigenvalue weighted by Crippen LogP contribution is 2.30. The van der Waals surface area contributed by atoms with Gasteiger partial charge < -0.3 is 10.2 Å². The Balaban J connectivity index is 3.17. The summed E-state index contributed by atoms with van der Waals surface area (Å²) in [5.74, 6) is 0. The monoisotopic (exact) mass is 248 g/mol. The minimum atomic E-state index is 0.116. The van der Waals surface area contributed by atoms with Gasteiger partial charge >= 0.3 is 0 Å². The predicted octanol–water partition coefficient (Wildman–Crippen LogP) is 3.35. The van der Waals surface area contributed by atoms with Gasteiger partial charge in [-0.1, -0.05) is 6.07 Å². The van der Waals surface area contributed by atoms with Gasteiger partial charge in [0.15, 0.2) is 0 Å². The summed E-state index contributed by atoms with van der Waals surface area (Å²) in [5, 5.41) is 3.37. The van der Waals surface area contributed by atoms with Crippen LogP contribution in [0, 0.1) is 27.7 Å². The second-order valence-electron chi connectivity index (χ2n) is 6.10. The van der Waals surface area contributed by atoms with E-state index in [1.807, 2.05) is 7.05 Å². The second kappa shape index (κ2) is 5.31. The molecular formula is C16H28N2. The van der Waals surface area contributed by atoms with Crippen molar-refractivity contribution in [2.45, 2.75) is 47.1 Å². The molecule has 0 radical (unpaired) electrons. The topological polar surface area (TPSA) is 15.3 Å². The maximum absolute atomic E-state index is 3.37. The maximum atomic E-state index is 3.37. The molecule has 1 rings (SSSR count). The Morgan fingerprint density at radius 2 is 1.50 bits per heavy atom. The van der Waals surface area contributed by atoms with Gasteiger partial charge in [0.05, 0.1) is 0 Å². The van der Waals surface area contributed by atoms with Crippen LogP contribution in [0.15, 0.2) is 6.07 Å². The van der Waals surface area contributed by atoms with Crippen LogP contribution in [0.5, 0.6) is 0 Å². The van der Waals surface area contributed by atoms with Crippen LogP contribution in [0.25, 0.3) is 0 Å². The van der Waals surface area contributed by atoms with Crippen LogP contribution >= 0.6 is 0 Å². The van der Waals surface area contributed by atoms with Gasteiger partial charge in [-0.25, -0.2) is 0 Å². The zero-order valence-corrected chi connectivity index (χ0v) is 13.2. The Bertz CT molecular complexity index is 407. The van der Waals surface area contributed by atoms with E-state index in [4.69, 9.17) is 0 Å². The van der Waals surface area contributed by atoms with Crippen molar-refractivity contribution in [2.24, 2.45) is 0 Å². The quantitative estimate of drug-likeness (QED) is 0.879. The van der Waals surface area contributed by atoms with Gasteiger partial charge in [0, 0.05) is 24.8 Å². The summed E-state index contributed by atoms with van der Waals surface area (Å²) in [6, 6.07) is 2.28. The van der Waals surface area contributed by atoms with Crippen molar-refractivity contribution in [2.75, 3.05) is 25.5 Å². The molecule has 0 aliphatic heterocycles. The number of benzene rings is 1. The number of aryl methyl sites for hydroxylation is 2. The molecule has 0 unspecified atom stereocenters. The summed E-state index contributed by atoms with van der Waals surface area (Å²) in [5.41, 5.74) is 7.05. The highest BCUT2D eigenvalue weighted by Gasteiger charge is 2.20. The summed E-state index contributed by atoms with van der Waals surface area (Å²) in [6.45, 7) is 14.3. The van der Waals surface area contributed by atoms with Gasteiger partial charge in [0.2, 0.25) is 0 Å². The lowest BCUT2D eigenvalue weighted by Gasteiger charge is -2.34. The highest BCUT2D eigenvalue weighted by molar-refractivity contribution is 5.63. The molecule has 0 fully saturated rings. The molecule has 18 heavy (non-hydrogen) atoms. The van der Waals surface area contributed by atoms with Crippen molar-refractivity contribution in [3.63, 3.8) is 0 Å². The van der Waals surface area contributed by atoms with Gasteiger partial charge in [-0.05, 0) is 70.8 Å². The van der Waals surface area contributed by atoms with Crippen LogP contribution in [0.4, 0.5) is 5.69 Å². The van der Waals surface area contributed by atoms with Crippen LogP contribution in [0.1, 0.15) is 36.1 Å². The molecule has 0 aromatic heterocycles. The van der Waals surface area contributed by atoms with E-state index in [0.29, 0.717) is 0 Å².